The van der Waals surface area contributed by atoms with Crippen LogP contribution in [0.2, 0.25) is 0 Å². The molecule has 0 saturated heterocycles. The first kappa shape index (κ1) is 15.9. The molecule has 0 aliphatic rings. The normalized spacial score (nSPS) is 12.4. The van der Waals surface area contributed by atoms with Crippen LogP contribution in [0.5, 0.6) is 5.75 Å². The Labute approximate surface area is 129 Å². The van der Waals surface area contributed by atoms with E-state index in [4.69, 9.17) is 9.72 Å². The van der Waals surface area contributed by atoms with Crippen molar-refractivity contribution in [3.63, 3.8) is 0 Å². The second kappa shape index (κ2) is 7.54. The van der Waals surface area contributed by atoms with E-state index in [-0.39, 0.29) is 6.10 Å². The Morgan fingerprint density at radius 2 is 2.05 bits per heavy atom. The predicted octanol–water partition coefficient (Wildman–Crippen LogP) is 2.64. The van der Waals surface area contributed by atoms with Crippen molar-refractivity contribution >= 4 is 11.3 Å². The summed E-state index contributed by atoms with van der Waals surface area (Å²) in [6.45, 7) is 5.34. The Bertz CT molecular complexity index is 564. The minimum atomic E-state index is -0.308. The van der Waals surface area contributed by atoms with E-state index >= 15 is 0 Å². The maximum Gasteiger partial charge on any atom is 0.118 e. The van der Waals surface area contributed by atoms with Gasteiger partial charge in [0.15, 0.2) is 0 Å². The summed E-state index contributed by atoms with van der Waals surface area (Å²) in [6.07, 6.45) is 0.576. The topological polar surface area (TPSA) is 54.4 Å². The average molecular weight is 306 g/mol. The van der Waals surface area contributed by atoms with Gasteiger partial charge in [-0.2, -0.15) is 0 Å². The molecule has 4 nitrogen and oxygen atoms in total. The number of nitrogens with one attached hydrogen (secondary N) is 1. The van der Waals surface area contributed by atoms with Crippen molar-refractivity contribution in [1.82, 2.24) is 10.3 Å². The number of aromatic nitrogens is 1. The number of aliphatic hydroxyl groups is 1. The number of benzene rings is 1. The molecular formula is C16H22N2O2S. The Balaban J connectivity index is 2.01. The second-order valence-electron chi connectivity index (χ2n) is 5.04. The lowest BCUT2D eigenvalue weighted by Crippen LogP contribution is -2.26. The smallest absolute Gasteiger partial charge is 0.118 e. The Morgan fingerprint density at radius 1 is 1.33 bits per heavy atom. The monoisotopic (exact) mass is 306 g/mol. The molecule has 1 aromatic heterocycles. The molecule has 0 saturated carbocycles. The van der Waals surface area contributed by atoms with Crippen LogP contribution in [0.1, 0.15) is 16.8 Å². The first-order valence-corrected chi connectivity index (χ1v) is 7.91. The largest absolute Gasteiger partial charge is 0.497 e. The van der Waals surface area contributed by atoms with Crippen molar-refractivity contribution in [2.24, 2.45) is 0 Å². The van der Waals surface area contributed by atoms with Gasteiger partial charge in [-0.15, -0.1) is 11.3 Å². The summed E-state index contributed by atoms with van der Waals surface area (Å²) in [4.78, 5) is 5.95. The third-order valence-corrected chi connectivity index (χ3v) is 4.19. The maximum absolute atomic E-state index is 9.20. The number of hydrogen-bond donors (Lipinski definition) is 2. The molecule has 0 fully saturated rings. The highest BCUT2D eigenvalue weighted by molar-refractivity contribution is 7.12. The van der Waals surface area contributed by atoms with Gasteiger partial charge in [-0.1, -0.05) is 0 Å². The van der Waals surface area contributed by atoms with Gasteiger partial charge in [-0.3, -0.25) is 0 Å². The fraction of sp³-hybridized carbons (Fsp3) is 0.438. The molecular weight excluding hydrogens is 284 g/mol. The molecule has 0 amide bonds. The van der Waals surface area contributed by atoms with E-state index in [0.29, 0.717) is 6.54 Å². The van der Waals surface area contributed by atoms with Crippen LogP contribution in [0, 0.1) is 6.92 Å². The minimum Gasteiger partial charge on any atom is -0.497 e. The molecule has 1 atom stereocenters. The molecule has 0 bridgehead atoms. The number of thiazole rings is 1. The maximum atomic E-state index is 9.20. The summed E-state index contributed by atoms with van der Waals surface area (Å²) in [7, 11) is 1.67. The van der Waals surface area contributed by atoms with E-state index in [0.717, 1.165) is 35.0 Å². The molecule has 1 unspecified atom stereocenters. The molecule has 0 radical (unpaired) electrons. The highest BCUT2D eigenvalue weighted by Gasteiger charge is 2.10. The fourth-order valence-electron chi connectivity index (χ4n) is 2.08. The van der Waals surface area contributed by atoms with E-state index < -0.39 is 0 Å². The summed E-state index contributed by atoms with van der Waals surface area (Å²) in [6, 6.07) is 7.99. The van der Waals surface area contributed by atoms with Crippen molar-refractivity contribution in [2.75, 3.05) is 20.2 Å². The van der Waals surface area contributed by atoms with Gasteiger partial charge in [0.2, 0.25) is 0 Å². The van der Waals surface area contributed by atoms with Gasteiger partial charge < -0.3 is 15.2 Å². The van der Waals surface area contributed by atoms with E-state index in [9.17, 15) is 5.11 Å². The highest BCUT2D eigenvalue weighted by Crippen LogP contribution is 2.28. The number of nitrogens with zero attached hydrogens (tertiary/aromatic N) is 1. The lowest BCUT2D eigenvalue weighted by molar-refractivity contribution is 0.191. The molecule has 21 heavy (non-hydrogen) atoms. The summed E-state index contributed by atoms with van der Waals surface area (Å²) in [5.74, 6) is 0.856. The predicted molar refractivity (Wildman–Crippen MR) is 87.1 cm³/mol. The van der Waals surface area contributed by atoms with Crippen molar-refractivity contribution in [3.8, 4) is 17.0 Å². The van der Waals surface area contributed by atoms with Crippen LogP contribution in [-0.4, -0.2) is 36.4 Å². The Hall–Kier alpha value is -1.43. The zero-order chi connectivity index (χ0) is 15.2. The van der Waals surface area contributed by atoms with Gasteiger partial charge >= 0.3 is 0 Å². The zero-order valence-corrected chi connectivity index (χ0v) is 13.5. The van der Waals surface area contributed by atoms with Gasteiger partial charge in [0.05, 0.1) is 23.9 Å². The number of aliphatic hydroxyl groups excluding tert-OH is 1. The summed E-state index contributed by atoms with van der Waals surface area (Å²) < 4.78 is 5.18. The van der Waals surface area contributed by atoms with Crippen LogP contribution < -0.4 is 10.1 Å². The average Bonchev–Trinajstić information content (AvgIpc) is 2.84. The fourth-order valence-corrected chi connectivity index (χ4v) is 3.04. The van der Waals surface area contributed by atoms with Gasteiger partial charge in [0.25, 0.3) is 0 Å². The van der Waals surface area contributed by atoms with Gasteiger partial charge in [0, 0.05) is 30.0 Å². The molecule has 2 N–H and O–H groups in total. The molecule has 0 aliphatic heterocycles. The molecule has 0 spiro atoms. The quantitative estimate of drug-likeness (QED) is 0.772. The van der Waals surface area contributed by atoms with Crippen LogP contribution in [0.15, 0.2) is 24.3 Å². The highest BCUT2D eigenvalue weighted by atomic mass is 32.1. The summed E-state index contributed by atoms with van der Waals surface area (Å²) in [5.41, 5.74) is 2.17. The van der Waals surface area contributed by atoms with E-state index in [1.165, 1.54) is 4.88 Å². The third-order valence-electron chi connectivity index (χ3n) is 3.16. The van der Waals surface area contributed by atoms with Crippen molar-refractivity contribution < 1.29 is 9.84 Å². The third kappa shape index (κ3) is 4.52. The number of rotatable bonds is 7. The van der Waals surface area contributed by atoms with Crippen LogP contribution >= 0.6 is 11.3 Å². The number of ether oxygens (including phenoxy) is 1. The van der Waals surface area contributed by atoms with E-state index in [2.05, 4.69) is 12.2 Å². The molecule has 5 heteroatoms. The zero-order valence-electron chi connectivity index (χ0n) is 12.7. The van der Waals surface area contributed by atoms with E-state index in [1.54, 1.807) is 25.4 Å². The van der Waals surface area contributed by atoms with Crippen molar-refractivity contribution in [1.29, 1.82) is 0 Å². The van der Waals surface area contributed by atoms with Gasteiger partial charge in [0.1, 0.15) is 5.75 Å². The number of aryl methyl sites for hydroxylation is 1. The van der Waals surface area contributed by atoms with Gasteiger partial charge in [-0.05, 0) is 38.1 Å². The van der Waals surface area contributed by atoms with Crippen molar-refractivity contribution in [2.45, 2.75) is 26.4 Å². The van der Waals surface area contributed by atoms with Crippen LogP contribution in [0.25, 0.3) is 11.3 Å². The first-order valence-electron chi connectivity index (χ1n) is 7.09. The lowest BCUT2D eigenvalue weighted by atomic mass is 10.1. The first-order chi connectivity index (χ1) is 10.1. The second-order valence-corrected chi connectivity index (χ2v) is 6.33. The van der Waals surface area contributed by atoms with Gasteiger partial charge in [-0.25, -0.2) is 4.98 Å². The number of methoxy groups -OCH3 is 1. The number of hydrogen-bond acceptors (Lipinski definition) is 5. The Kier molecular flexibility index (Phi) is 5.73. The lowest BCUT2D eigenvalue weighted by Gasteiger charge is -2.04. The van der Waals surface area contributed by atoms with Crippen molar-refractivity contribution in [3.05, 3.63) is 34.2 Å². The Morgan fingerprint density at radius 3 is 2.67 bits per heavy atom. The summed E-state index contributed by atoms with van der Waals surface area (Å²) in [5, 5.41) is 13.5. The standard InChI is InChI=1S/C16H22N2O2S/c1-11(19)10-17-9-8-15-18-16(12(2)21-15)13-4-6-14(20-3)7-5-13/h4-7,11,17,19H,8-10H2,1-3H3. The molecule has 2 aromatic rings. The molecule has 1 heterocycles. The summed E-state index contributed by atoms with van der Waals surface area (Å²) >= 11 is 1.73. The molecule has 2 rings (SSSR count). The SMILES string of the molecule is COc1ccc(-c2nc(CCNCC(C)O)sc2C)cc1. The minimum absolute atomic E-state index is 0.308. The van der Waals surface area contributed by atoms with Crippen LogP contribution in [-0.2, 0) is 6.42 Å². The molecule has 1 aromatic carbocycles. The van der Waals surface area contributed by atoms with Crippen LogP contribution in [0.3, 0.4) is 0 Å². The molecule has 114 valence electrons. The molecule has 0 aliphatic carbocycles. The van der Waals surface area contributed by atoms with E-state index in [1.807, 2.05) is 24.3 Å². The van der Waals surface area contributed by atoms with Crippen LogP contribution in [0.4, 0.5) is 0 Å².